The number of aromatic nitrogens is 2. The third-order valence-electron chi connectivity index (χ3n) is 5.93. The SMILES string of the molecule is COc1ccc(C[NH+]2CC[NH+](Cc3cc(=O)n4c(C)cccc4n3)CC2)cc1OC. The lowest BCUT2D eigenvalue weighted by Crippen LogP contribution is -3.27. The number of pyridine rings is 1. The zero-order valence-electron chi connectivity index (χ0n) is 17.9. The fourth-order valence-electron chi connectivity index (χ4n) is 4.30. The summed E-state index contributed by atoms with van der Waals surface area (Å²) in [6.07, 6.45) is 0. The second-order valence-electron chi connectivity index (χ2n) is 7.99. The average molecular weight is 411 g/mol. The van der Waals surface area contributed by atoms with E-state index >= 15 is 0 Å². The number of rotatable bonds is 6. The van der Waals surface area contributed by atoms with Crippen molar-refractivity contribution in [2.45, 2.75) is 20.0 Å². The van der Waals surface area contributed by atoms with Crippen LogP contribution >= 0.6 is 0 Å². The zero-order chi connectivity index (χ0) is 21.1. The summed E-state index contributed by atoms with van der Waals surface area (Å²) >= 11 is 0. The maximum Gasteiger partial charge on any atom is 0.258 e. The van der Waals surface area contributed by atoms with Crippen molar-refractivity contribution in [2.24, 2.45) is 0 Å². The van der Waals surface area contributed by atoms with Crippen molar-refractivity contribution < 1.29 is 19.3 Å². The highest BCUT2D eigenvalue weighted by atomic mass is 16.5. The van der Waals surface area contributed by atoms with E-state index in [4.69, 9.17) is 14.5 Å². The summed E-state index contributed by atoms with van der Waals surface area (Å²) in [5.41, 5.74) is 3.78. The summed E-state index contributed by atoms with van der Waals surface area (Å²) in [4.78, 5) is 20.3. The topological polar surface area (TPSA) is 61.7 Å². The molecule has 0 saturated carbocycles. The quantitative estimate of drug-likeness (QED) is 0.576. The lowest BCUT2D eigenvalue weighted by molar-refractivity contribution is -1.02. The molecule has 0 atom stereocenters. The second kappa shape index (κ2) is 8.85. The number of ether oxygens (including phenoxy) is 2. The molecule has 1 saturated heterocycles. The Bertz CT molecular complexity index is 1090. The first-order valence-electron chi connectivity index (χ1n) is 10.4. The van der Waals surface area contributed by atoms with Crippen LogP contribution in [0.2, 0.25) is 0 Å². The van der Waals surface area contributed by atoms with Crippen molar-refractivity contribution in [2.75, 3.05) is 40.4 Å². The van der Waals surface area contributed by atoms with Gasteiger partial charge in [0.25, 0.3) is 5.56 Å². The molecule has 0 radical (unpaired) electrons. The van der Waals surface area contributed by atoms with E-state index in [1.165, 1.54) is 10.5 Å². The Hall–Kier alpha value is -2.90. The van der Waals surface area contributed by atoms with Crippen molar-refractivity contribution in [3.8, 4) is 11.5 Å². The predicted molar refractivity (Wildman–Crippen MR) is 115 cm³/mol. The number of fused-ring (bicyclic) bond motifs is 1. The van der Waals surface area contributed by atoms with Gasteiger partial charge in [0.1, 0.15) is 50.6 Å². The molecule has 1 fully saturated rings. The molecule has 1 aliphatic heterocycles. The van der Waals surface area contributed by atoms with Crippen LogP contribution in [0, 0.1) is 6.92 Å². The number of hydrogen-bond acceptors (Lipinski definition) is 4. The molecule has 0 bridgehead atoms. The number of aryl methyl sites for hydroxylation is 1. The highest BCUT2D eigenvalue weighted by molar-refractivity contribution is 5.42. The van der Waals surface area contributed by atoms with Crippen LogP contribution in [-0.2, 0) is 13.1 Å². The fourth-order valence-corrected chi connectivity index (χ4v) is 4.30. The van der Waals surface area contributed by atoms with Gasteiger partial charge in [0.15, 0.2) is 11.5 Å². The molecule has 2 N–H and O–H groups in total. The number of quaternary nitrogens is 2. The van der Waals surface area contributed by atoms with E-state index in [0.717, 1.165) is 67.8 Å². The Morgan fingerprint density at radius 3 is 2.33 bits per heavy atom. The Morgan fingerprint density at radius 2 is 1.63 bits per heavy atom. The Balaban J connectivity index is 1.37. The number of nitrogens with zero attached hydrogens (tertiary/aromatic N) is 2. The molecule has 3 aromatic rings. The molecule has 4 rings (SSSR count). The van der Waals surface area contributed by atoms with Gasteiger partial charge in [-0.2, -0.15) is 0 Å². The summed E-state index contributed by atoms with van der Waals surface area (Å²) < 4.78 is 12.4. The molecule has 0 spiro atoms. The molecular weight excluding hydrogens is 380 g/mol. The molecule has 30 heavy (non-hydrogen) atoms. The number of hydrogen-bond donors (Lipinski definition) is 2. The summed E-state index contributed by atoms with van der Waals surface area (Å²) in [6, 6.07) is 13.6. The Kier molecular flexibility index (Phi) is 6.01. The maximum absolute atomic E-state index is 12.5. The molecule has 7 nitrogen and oxygen atoms in total. The molecule has 0 aliphatic carbocycles. The van der Waals surface area contributed by atoms with Crippen LogP contribution in [0.25, 0.3) is 5.65 Å². The first-order valence-corrected chi connectivity index (χ1v) is 10.4. The van der Waals surface area contributed by atoms with Crippen LogP contribution in [0.5, 0.6) is 11.5 Å². The molecule has 2 aromatic heterocycles. The summed E-state index contributed by atoms with van der Waals surface area (Å²) in [7, 11) is 3.33. The normalized spacial score (nSPS) is 19.0. The molecule has 7 heteroatoms. The Labute approximate surface area is 176 Å². The van der Waals surface area contributed by atoms with Gasteiger partial charge in [-0.05, 0) is 37.3 Å². The molecule has 158 valence electrons. The highest BCUT2D eigenvalue weighted by Crippen LogP contribution is 2.27. The lowest BCUT2D eigenvalue weighted by atomic mass is 10.1. The van der Waals surface area contributed by atoms with Crippen molar-refractivity contribution in [3.05, 3.63) is 69.8 Å². The van der Waals surface area contributed by atoms with E-state index in [9.17, 15) is 4.79 Å². The second-order valence-corrected chi connectivity index (χ2v) is 7.99. The van der Waals surface area contributed by atoms with Crippen LogP contribution in [0.1, 0.15) is 17.0 Å². The Morgan fingerprint density at radius 1 is 0.933 bits per heavy atom. The minimum Gasteiger partial charge on any atom is -0.493 e. The van der Waals surface area contributed by atoms with E-state index < -0.39 is 0 Å². The van der Waals surface area contributed by atoms with Crippen molar-refractivity contribution >= 4 is 5.65 Å². The van der Waals surface area contributed by atoms with Gasteiger partial charge in [-0.3, -0.25) is 9.20 Å². The molecule has 3 heterocycles. The van der Waals surface area contributed by atoms with E-state index in [1.807, 2.05) is 31.2 Å². The van der Waals surface area contributed by atoms with Gasteiger partial charge in [-0.25, -0.2) is 4.98 Å². The summed E-state index contributed by atoms with van der Waals surface area (Å²) in [6.45, 7) is 8.02. The fraction of sp³-hybridized carbons (Fsp3) is 0.391. The monoisotopic (exact) mass is 410 g/mol. The van der Waals surface area contributed by atoms with Crippen LogP contribution in [-0.4, -0.2) is 49.8 Å². The van der Waals surface area contributed by atoms with Gasteiger partial charge in [-0.15, -0.1) is 0 Å². The van der Waals surface area contributed by atoms with E-state index in [2.05, 4.69) is 12.1 Å². The van der Waals surface area contributed by atoms with Gasteiger partial charge in [0.05, 0.1) is 14.2 Å². The molecule has 1 aliphatic rings. The van der Waals surface area contributed by atoms with Crippen molar-refractivity contribution in [1.82, 2.24) is 9.38 Å². The van der Waals surface area contributed by atoms with Gasteiger partial charge < -0.3 is 19.3 Å². The predicted octanol–water partition coefficient (Wildman–Crippen LogP) is -0.496. The number of nitrogens with one attached hydrogen (secondary N) is 2. The summed E-state index contributed by atoms with van der Waals surface area (Å²) in [5.74, 6) is 1.54. The summed E-state index contributed by atoms with van der Waals surface area (Å²) in [5, 5.41) is 0. The number of piperazine rings is 1. The van der Waals surface area contributed by atoms with E-state index in [-0.39, 0.29) is 5.56 Å². The molecule has 0 unspecified atom stereocenters. The maximum atomic E-state index is 12.5. The molecule has 0 amide bonds. The molecule has 1 aromatic carbocycles. The smallest absolute Gasteiger partial charge is 0.258 e. The van der Waals surface area contributed by atoms with Gasteiger partial charge in [0.2, 0.25) is 0 Å². The largest absolute Gasteiger partial charge is 0.493 e. The molecular formula is C23H30N4O3+2. The van der Waals surface area contributed by atoms with Crippen LogP contribution in [0.4, 0.5) is 0 Å². The number of methoxy groups -OCH3 is 2. The van der Waals surface area contributed by atoms with Crippen molar-refractivity contribution in [1.29, 1.82) is 0 Å². The lowest BCUT2D eigenvalue weighted by Gasteiger charge is -2.29. The van der Waals surface area contributed by atoms with E-state index in [1.54, 1.807) is 29.6 Å². The highest BCUT2D eigenvalue weighted by Gasteiger charge is 2.24. The first-order chi connectivity index (χ1) is 14.6. The zero-order valence-corrected chi connectivity index (χ0v) is 17.9. The van der Waals surface area contributed by atoms with Crippen molar-refractivity contribution in [3.63, 3.8) is 0 Å². The first kappa shape index (κ1) is 20.4. The van der Waals surface area contributed by atoms with Crippen LogP contribution in [0.3, 0.4) is 0 Å². The minimum absolute atomic E-state index is 0.00483. The standard InChI is InChI=1S/C23H28N4O3/c1-17-5-4-6-22-24-19(14-23(28)27(17)22)16-26-11-9-25(10-12-26)15-18-7-8-20(29-2)21(13-18)30-3/h4-8,13-14H,9-12,15-16H2,1-3H3/p+2. The van der Waals surface area contributed by atoms with Gasteiger partial charge >= 0.3 is 0 Å². The average Bonchev–Trinajstić information content (AvgIpc) is 2.75. The van der Waals surface area contributed by atoms with Gasteiger partial charge in [0, 0.05) is 17.3 Å². The van der Waals surface area contributed by atoms with Crippen LogP contribution in [0.15, 0.2) is 47.3 Å². The van der Waals surface area contributed by atoms with E-state index in [0.29, 0.717) is 0 Å². The van der Waals surface area contributed by atoms with Gasteiger partial charge in [-0.1, -0.05) is 6.07 Å². The third kappa shape index (κ3) is 4.32. The third-order valence-corrected chi connectivity index (χ3v) is 5.93. The number of benzene rings is 1. The minimum atomic E-state index is 0.00483. The van der Waals surface area contributed by atoms with Crippen LogP contribution < -0.4 is 24.8 Å².